The van der Waals surface area contributed by atoms with Gasteiger partial charge in [-0.25, -0.2) is 0 Å². The summed E-state index contributed by atoms with van der Waals surface area (Å²) in [7, 11) is 0. The second-order valence-corrected chi connectivity index (χ2v) is 9.96. The summed E-state index contributed by atoms with van der Waals surface area (Å²) < 4.78 is 0. The average molecular weight is 289 g/mol. The van der Waals surface area contributed by atoms with Crippen LogP contribution >= 0.6 is 0 Å². The molecule has 0 spiro atoms. The number of allylic oxidation sites excluding steroid dienone is 1. The zero-order valence-corrected chi connectivity index (χ0v) is 15.1. The molecule has 0 aromatic carbocycles. The lowest BCUT2D eigenvalue weighted by molar-refractivity contribution is -0.129. The standard InChI is InChI=1S/C21H36/c1-15-8-9-18-20(5,14-16(15)2)13-10-17-19(3,4)11-7-12-21(17,18)6/h15,17-18H,2,7-14H2,1,3-6H3/t15-,17+,18+,20+,21+/m0/s1. The Morgan fingerprint density at radius 2 is 1.62 bits per heavy atom. The van der Waals surface area contributed by atoms with Crippen LogP contribution in [0.25, 0.3) is 0 Å². The lowest BCUT2D eigenvalue weighted by atomic mass is 9.42. The maximum absolute atomic E-state index is 4.45. The molecule has 0 N–H and O–H groups in total. The predicted molar refractivity (Wildman–Crippen MR) is 92.2 cm³/mol. The SMILES string of the molecule is C=C1C[C@@]2(C)CC[C@@H]3C(C)(C)CCC[C@@]3(C)[C@@H]2CC[C@@H]1C. The topological polar surface area (TPSA) is 0 Å². The van der Waals surface area contributed by atoms with Crippen LogP contribution in [0.2, 0.25) is 0 Å². The highest BCUT2D eigenvalue weighted by Gasteiger charge is 2.58. The van der Waals surface area contributed by atoms with E-state index in [9.17, 15) is 0 Å². The van der Waals surface area contributed by atoms with Crippen LogP contribution in [-0.4, -0.2) is 0 Å². The van der Waals surface area contributed by atoms with Crippen LogP contribution in [0.4, 0.5) is 0 Å². The number of hydrogen-bond donors (Lipinski definition) is 0. The van der Waals surface area contributed by atoms with Crippen molar-refractivity contribution in [2.45, 2.75) is 86.0 Å². The van der Waals surface area contributed by atoms with Crippen molar-refractivity contribution in [3.05, 3.63) is 12.2 Å². The fraction of sp³-hybridized carbons (Fsp3) is 0.905. The quantitative estimate of drug-likeness (QED) is 0.440. The Kier molecular flexibility index (Phi) is 3.62. The molecule has 21 heavy (non-hydrogen) atoms. The first-order valence-electron chi connectivity index (χ1n) is 9.37. The van der Waals surface area contributed by atoms with Crippen LogP contribution in [0, 0.1) is 34.0 Å². The first kappa shape index (κ1) is 15.6. The van der Waals surface area contributed by atoms with E-state index in [4.69, 9.17) is 0 Å². The van der Waals surface area contributed by atoms with Crippen molar-refractivity contribution in [2.24, 2.45) is 34.0 Å². The third-order valence-electron chi connectivity index (χ3n) is 8.13. The molecule has 0 heterocycles. The molecule has 3 fully saturated rings. The van der Waals surface area contributed by atoms with Crippen LogP contribution in [0.15, 0.2) is 12.2 Å². The highest BCUT2D eigenvalue weighted by molar-refractivity contribution is 5.14. The van der Waals surface area contributed by atoms with Crippen molar-refractivity contribution in [2.75, 3.05) is 0 Å². The molecule has 0 unspecified atom stereocenters. The van der Waals surface area contributed by atoms with Crippen molar-refractivity contribution < 1.29 is 0 Å². The van der Waals surface area contributed by atoms with Gasteiger partial charge in [0, 0.05) is 0 Å². The third-order valence-corrected chi connectivity index (χ3v) is 8.13. The second-order valence-electron chi connectivity index (χ2n) is 9.96. The van der Waals surface area contributed by atoms with Gasteiger partial charge in [-0.05, 0) is 78.9 Å². The van der Waals surface area contributed by atoms with Crippen molar-refractivity contribution >= 4 is 0 Å². The fourth-order valence-electron chi connectivity index (χ4n) is 6.95. The fourth-order valence-corrected chi connectivity index (χ4v) is 6.95. The van der Waals surface area contributed by atoms with Crippen LogP contribution in [0.3, 0.4) is 0 Å². The Morgan fingerprint density at radius 3 is 2.33 bits per heavy atom. The maximum atomic E-state index is 4.45. The van der Waals surface area contributed by atoms with Gasteiger partial charge in [0.15, 0.2) is 0 Å². The Hall–Kier alpha value is -0.260. The summed E-state index contributed by atoms with van der Waals surface area (Å²) in [6.07, 6.45) is 11.4. The van der Waals surface area contributed by atoms with Crippen molar-refractivity contribution in [1.29, 1.82) is 0 Å². The molecule has 0 aromatic rings. The molecular weight excluding hydrogens is 252 g/mol. The molecule has 0 saturated heterocycles. The Balaban J connectivity index is 1.98. The van der Waals surface area contributed by atoms with Gasteiger partial charge in [0.1, 0.15) is 0 Å². The molecule has 0 heteroatoms. The van der Waals surface area contributed by atoms with Gasteiger partial charge in [-0.2, -0.15) is 0 Å². The number of rotatable bonds is 0. The first-order chi connectivity index (χ1) is 9.69. The van der Waals surface area contributed by atoms with E-state index in [1.165, 1.54) is 56.9 Å². The molecule has 0 radical (unpaired) electrons. The molecule has 3 aliphatic carbocycles. The smallest absolute Gasteiger partial charge is 0.0234 e. The van der Waals surface area contributed by atoms with E-state index >= 15 is 0 Å². The van der Waals surface area contributed by atoms with Crippen LogP contribution in [-0.2, 0) is 0 Å². The van der Waals surface area contributed by atoms with E-state index in [1.54, 1.807) is 0 Å². The van der Waals surface area contributed by atoms with Gasteiger partial charge in [0.2, 0.25) is 0 Å². The van der Waals surface area contributed by atoms with E-state index in [1.807, 2.05) is 0 Å². The van der Waals surface area contributed by atoms with Crippen molar-refractivity contribution in [3.8, 4) is 0 Å². The monoisotopic (exact) mass is 288 g/mol. The lowest BCUT2D eigenvalue weighted by Crippen LogP contribution is -2.54. The zero-order valence-electron chi connectivity index (χ0n) is 15.1. The highest BCUT2D eigenvalue weighted by atomic mass is 14.6. The summed E-state index contributed by atoms with van der Waals surface area (Å²) in [4.78, 5) is 0. The highest BCUT2D eigenvalue weighted by Crippen LogP contribution is 2.67. The molecule has 3 rings (SSSR count). The summed E-state index contributed by atoms with van der Waals surface area (Å²) >= 11 is 0. The first-order valence-corrected chi connectivity index (χ1v) is 9.37. The minimum absolute atomic E-state index is 0.528. The molecule has 0 nitrogen and oxygen atoms in total. The minimum Gasteiger partial charge on any atom is -0.0996 e. The molecule has 0 bridgehead atoms. The van der Waals surface area contributed by atoms with Crippen molar-refractivity contribution in [1.82, 2.24) is 0 Å². The summed E-state index contributed by atoms with van der Waals surface area (Å²) in [5, 5.41) is 0. The lowest BCUT2D eigenvalue weighted by Gasteiger charge is -2.62. The van der Waals surface area contributed by atoms with Crippen LogP contribution in [0.5, 0.6) is 0 Å². The van der Waals surface area contributed by atoms with E-state index in [0.717, 1.165) is 17.8 Å². The van der Waals surface area contributed by atoms with E-state index in [2.05, 4.69) is 41.2 Å². The summed E-state index contributed by atoms with van der Waals surface area (Å²) in [5.74, 6) is 2.61. The predicted octanol–water partition coefficient (Wildman–Crippen LogP) is 6.61. The Bertz CT molecular complexity index is 431. The van der Waals surface area contributed by atoms with Gasteiger partial charge in [-0.1, -0.05) is 53.2 Å². The van der Waals surface area contributed by atoms with Gasteiger partial charge < -0.3 is 0 Å². The average Bonchev–Trinajstić information content (AvgIpc) is 2.46. The van der Waals surface area contributed by atoms with Crippen LogP contribution in [0.1, 0.15) is 86.0 Å². The molecule has 3 saturated carbocycles. The molecule has 3 aliphatic rings. The molecule has 120 valence electrons. The summed E-state index contributed by atoms with van der Waals surface area (Å²) in [6, 6.07) is 0. The summed E-state index contributed by atoms with van der Waals surface area (Å²) in [6.45, 7) is 17.2. The minimum atomic E-state index is 0.528. The second kappa shape index (κ2) is 4.87. The molecular formula is C21H36. The van der Waals surface area contributed by atoms with E-state index in [-0.39, 0.29) is 0 Å². The Labute approximate surface area is 132 Å². The van der Waals surface area contributed by atoms with Crippen molar-refractivity contribution in [3.63, 3.8) is 0 Å². The summed E-state index contributed by atoms with van der Waals surface area (Å²) in [5.41, 5.74) is 3.21. The number of hydrogen-bond acceptors (Lipinski definition) is 0. The van der Waals surface area contributed by atoms with Gasteiger partial charge in [0.25, 0.3) is 0 Å². The maximum Gasteiger partial charge on any atom is -0.0234 e. The van der Waals surface area contributed by atoms with E-state index in [0.29, 0.717) is 16.2 Å². The molecule has 0 aliphatic heterocycles. The normalized spacial score (nSPS) is 50.0. The number of fused-ring (bicyclic) bond motifs is 3. The van der Waals surface area contributed by atoms with Crippen LogP contribution < -0.4 is 0 Å². The molecule has 5 atom stereocenters. The van der Waals surface area contributed by atoms with Gasteiger partial charge in [-0.15, -0.1) is 0 Å². The van der Waals surface area contributed by atoms with Gasteiger partial charge >= 0.3 is 0 Å². The molecule has 0 aromatic heterocycles. The van der Waals surface area contributed by atoms with Gasteiger partial charge in [0.05, 0.1) is 0 Å². The molecule has 0 amide bonds. The Morgan fingerprint density at radius 1 is 0.905 bits per heavy atom. The van der Waals surface area contributed by atoms with E-state index < -0.39 is 0 Å². The third kappa shape index (κ3) is 2.32. The largest absolute Gasteiger partial charge is 0.0996 e. The zero-order chi connectivity index (χ0) is 15.5. The van der Waals surface area contributed by atoms with Gasteiger partial charge in [-0.3, -0.25) is 0 Å².